The molecule has 2 heterocycles. The van der Waals surface area contributed by atoms with Crippen LogP contribution in [0.15, 0.2) is 55.0 Å². The summed E-state index contributed by atoms with van der Waals surface area (Å²) in [7, 11) is 0. The summed E-state index contributed by atoms with van der Waals surface area (Å²) in [6.07, 6.45) is 5.80. The summed E-state index contributed by atoms with van der Waals surface area (Å²) in [6.45, 7) is 7.91. The number of nitrogens with one attached hydrogen (secondary N) is 1. The molecule has 0 aliphatic heterocycles. The van der Waals surface area contributed by atoms with Gasteiger partial charge in [0.05, 0.1) is 12.1 Å². The van der Waals surface area contributed by atoms with Gasteiger partial charge >= 0.3 is 0 Å². The highest BCUT2D eigenvalue weighted by atomic mass is 14.9. The molecule has 0 amide bonds. The third kappa shape index (κ3) is 1.85. The average molecular weight is 234 g/mol. The minimum atomic E-state index is 0.678. The quantitative estimate of drug-likeness (QED) is 0.520. The molecular formula is C15H12N3+. The lowest BCUT2D eigenvalue weighted by molar-refractivity contribution is -0.687. The van der Waals surface area contributed by atoms with Crippen molar-refractivity contribution >= 4 is 16.6 Å². The van der Waals surface area contributed by atoms with Crippen LogP contribution >= 0.6 is 0 Å². The molecule has 3 heteroatoms. The molecule has 0 atom stereocenters. The molecule has 0 saturated carbocycles. The Kier molecular flexibility index (Phi) is 2.54. The molecule has 0 saturated heterocycles. The highest BCUT2D eigenvalue weighted by Crippen LogP contribution is 2.23. The van der Waals surface area contributed by atoms with E-state index in [0.29, 0.717) is 5.69 Å². The Bertz CT molecular complexity index is 720. The lowest BCUT2D eigenvalue weighted by Crippen LogP contribution is -2.33. The van der Waals surface area contributed by atoms with E-state index in [1.54, 1.807) is 6.20 Å². The fourth-order valence-corrected chi connectivity index (χ4v) is 2.09. The van der Waals surface area contributed by atoms with Crippen molar-refractivity contribution in [2.45, 2.75) is 6.54 Å². The van der Waals surface area contributed by atoms with Crippen molar-refractivity contribution in [1.82, 2.24) is 4.98 Å². The van der Waals surface area contributed by atoms with E-state index < -0.39 is 0 Å². The molecule has 0 aliphatic carbocycles. The van der Waals surface area contributed by atoms with Crippen LogP contribution in [0.25, 0.3) is 15.7 Å². The van der Waals surface area contributed by atoms with E-state index in [4.69, 9.17) is 6.57 Å². The predicted octanol–water partition coefficient (Wildman–Crippen LogP) is 3.05. The molecule has 0 spiro atoms. The molecule has 3 nitrogen and oxygen atoms in total. The first-order valence-corrected chi connectivity index (χ1v) is 5.78. The van der Waals surface area contributed by atoms with Crippen molar-refractivity contribution in [2.24, 2.45) is 0 Å². The summed E-state index contributed by atoms with van der Waals surface area (Å²) in [5.74, 6) is 0. The largest absolute Gasteiger partial charge is 0.367 e. The number of aromatic amines is 1. The molecule has 0 radical (unpaired) electrons. The number of rotatable bonds is 2. The Balaban J connectivity index is 1.97. The molecule has 2 aromatic heterocycles. The molecule has 3 rings (SSSR count). The Hall–Kier alpha value is -2.60. The highest BCUT2D eigenvalue weighted by molar-refractivity contribution is 5.91. The average Bonchev–Trinajstić information content (AvgIpc) is 2.82. The molecule has 0 aliphatic rings. The van der Waals surface area contributed by atoms with Crippen LogP contribution in [-0.4, -0.2) is 4.98 Å². The Morgan fingerprint density at radius 3 is 2.78 bits per heavy atom. The summed E-state index contributed by atoms with van der Waals surface area (Å²) < 4.78 is 2.11. The Labute approximate surface area is 105 Å². The van der Waals surface area contributed by atoms with E-state index in [0.717, 1.165) is 17.4 Å². The van der Waals surface area contributed by atoms with Gasteiger partial charge in [0.25, 0.3) is 0 Å². The predicted molar refractivity (Wildman–Crippen MR) is 70.3 cm³/mol. The molecular weight excluding hydrogens is 222 g/mol. The van der Waals surface area contributed by atoms with Gasteiger partial charge in [-0.05, 0) is 0 Å². The lowest BCUT2D eigenvalue weighted by Gasteiger charge is -1.97. The van der Waals surface area contributed by atoms with Gasteiger partial charge in [-0.1, -0.05) is 30.3 Å². The minimum absolute atomic E-state index is 0.678. The summed E-state index contributed by atoms with van der Waals surface area (Å²) in [4.78, 5) is 6.61. The van der Waals surface area contributed by atoms with E-state index >= 15 is 0 Å². The summed E-state index contributed by atoms with van der Waals surface area (Å²) >= 11 is 0. The first kappa shape index (κ1) is 10.5. The van der Waals surface area contributed by atoms with Crippen molar-refractivity contribution in [1.29, 1.82) is 0 Å². The van der Waals surface area contributed by atoms with Crippen LogP contribution in [0.3, 0.4) is 0 Å². The first-order valence-electron chi connectivity index (χ1n) is 5.78. The van der Waals surface area contributed by atoms with Gasteiger partial charge in [0, 0.05) is 23.2 Å². The normalized spacial score (nSPS) is 10.4. The van der Waals surface area contributed by atoms with Crippen LogP contribution in [0, 0.1) is 6.57 Å². The molecule has 86 valence electrons. The molecule has 0 unspecified atom stereocenters. The molecule has 1 N–H and O–H groups in total. The van der Waals surface area contributed by atoms with Crippen molar-refractivity contribution in [3.05, 3.63) is 72.0 Å². The monoisotopic (exact) mass is 234 g/mol. The smallest absolute Gasteiger partial charge is 0.212 e. The third-order valence-electron chi connectivity index (χ3n) is 2.99. The molecule has 18 heavy (non-hydrogen) atoms. The van der Waals surface area contributed by atoms with Gasteiger partial charge < -0.3 is 4.98 Å². The molecule has 1 aromatic carbocycles. The number of nitrogens with zero attached hydrogens (tertiary/aromatic N) is 2. The van der Waals surface area contributed by atoms with Crippen LogP contribution in [-0.2, 0) is 6.54 Å². The number of benzene rings is 1. The van der Waals surface area contributed by atoms with Crippen LogP contribution in [0.1, 0.15) is 5.56 Å². The highest BCUT2D eigenvalue weighted by Gasteiger charge is 2.08. The summed E-state index contributed by atoms with van der Waals surface area (Å²) in [5, 5.41) is 0.981. The Morgan fingerprint density at radius 1 is 1.17 bits per heavy atom. The maximum absolute atomic E-state index is 7.07. The number of fused-ring (bicyclic) bond motifs is 1. The zero-order valence-corrected chi connectivity index (χ0v) is 9.80. The molecule has 3 aromatic rings. The maximum Gasteiger partial charge on any atom is 0.212 e. The zero-order valence-electron chi connectivity index (χ0n) is 9.80. The van der Waals surface area contributed by atoms with Crippen LogP contribution in [0.5, 0.6) is 0 Å². The van der Waals surface area contributed by atoms with Crippen LogP contribution in [0.4, 0.5) is 5.69 Å². The third-order valence-corrected chi connectivity index (χ3v) is 2.99. The summed E-state index contributed by atoms with van der Waals surface area (Å²) in [6, 6.07) is 12.3. The van der Waals surface area contributed by atoms with Gasteiger partial charge in [-0.2, -0.15) is 4.57 Å². The SMILES string of the molecule is [C-]#[N+]c1c[nH]c2c[n+](Cc3ccccc3)ccc12. The first-order chi connectivity index (χ1) is 8.86. The van der Waals surface area contributed by atoms with Crippen molar-refractivity contribution < 1.29 is 4.57 Å². The van der Waals surface area contributed by atoms with Crippen molar-refractivity contribution in [3.8, 4) is 0 Å². The summed E-state index contributed by atoms with van der Waals surface area (Å²) in [5.41, 5.74) is 2.94. The molecule has 0 fully saturated rings. The van der Waals surface area contributed by atoms with Gasteiger partial charge in [0.15, 0.2) is 18.9 Å². The van der Waals surface area contributed by atoms with Crippen molar-refractivity contribution in [2.75, 3.05) is 0 Å². The van der Waals surface area contributed by atoms with Crippen LogP contribution in [0.2, 0.25) is 0 Å². The van der Waals surface area contributed by atoms with Gasteiger partial charge in [-0.15, -0.1) is 0 Å². The fraction of sp³-hybridized carbons (Fsp3) is 0.0667. The second kappa shape index (κ2) is 4.34. The number of hydrogen-bond donors (Lipinski definition) is 1. The number of H-pyrrole nitrogens is 1. The number of hydrogen-bond acceptors (Lipinski definition) is 0. The van der Waals surface area contributed by atoms with Crippen LogP contribution < -0.4 is 4.57 Å². The number of pyridine rings is 1. The van der Waals surface area contributed by atoms with E-state index in [1.807, 2.05) is 36.7 Å². The van der Waals surface area contributed by atoms with Crippen molar-refractivity contribution in [3.63, 3.8) is 0 Å². The fourth-order valence-electron chi connectivity index (χ4n) is 2.09. The number of aromatic nitrogens is 2. The van der Waals surface area contributed by atoms with E-state index in [9.17, 15) is 0 Å². The van der Waals surface area contributed by atoms with E-state index in [1.165, 1.54) is 5.56 Å². The second-order valence-electron chi connectivity index (χ2n) is 4.22. The topological polar surface area (TPSA) is 24.0 Å². The maximum atomic E-state index is 7.07. The van der Waals surface area contributed by atoms with Gasteiger partial charge in [-0.3, -0.25) is 0 Å². The lowest BCUT2D eigenvalue weighted by atomic mass is 10.2. The minimum Gasteiger partial charge on any atom is -0.367 e. The Morgan fingerprint density at radius 2 is 2.00 bits per heavy atom. The standard InChI is InChI=1S/C15H11N3/c1-16-14-9-17-15-11-18(8-7-13(14)15)10-12-5-3-2-4-6-12/h2-9,11H,10H2/p+1. The second-order valence-corrected chi connectivity index (χ2v) is 4.22. The van der Waals surface area contributed by atoms with Gasteiger partial charge in [-0.25, -0.2) is 4.85 Å². The van der Waals surface area contributed by atoms with Gasteiger partial charge in [0.2, 0.25) is 5.69 Å². The van der Waals surface area contributed by atoms with E-state index in [-0.39, 0.29) is 0 Å². The van der Waals surface area contributed by atoms with E-state index in [2.05, 4.69) is 26.5 Å². The zero-order chi connectivity index (χ0) is 12.4. The molecule has 0 bridgehead atoms. The van der Waals surface area contributed by atoms with Gasteiger partial charge in [0.1, 0.15) is 0 Å².